The zero-order valence-corrected chi connectivity index (χ0v) is 18.3. The van der Waals surface area contributed by atoms with Gasteiger partial charge in [-0.3, -0.25) is 15.6 Å². The van der Waals surface area contributed by atoms with Crippen molar-refractivity contribution in [2.45, 2.75) is 0 Å². The molecule has 5 N–H and O–H groups in total. The maximum atomic E-state index is 12.1. The summed E-state index contributed by atoms with van der Waals surface area (Å²) in [5, 5.41) is 4.28. The van der Waals surface area contributed by atoms with Gasteiger partial charge in [-0.05, 0) is 36.4 Å². The molecule has 1 aromatic heterocycles. The molecule has 9 nitrogen and oxygen atoms in total. The van der Waals surface area contributed by atoms with Crippen LogP contribution in [0.2, 0.25) is 15.1 Å². The minimum absolute atomic E-state index is 0.159. The summed E-state index contributed by atoms with van der Waals surface area (Å²) in [5.74, 6) is 0.843. The Morgan fingerprint density at radius 1 is 1.03 bits per heavy atom. The number of hydrogen-bond donors (Lipinski definition) is 4. The van der Waals surface area contributed by atoms with Gasteiger partial charge in [-0.1, -0.05) is 34.8 Å². The molecule has 31 heavy (non-hydrogen) atoms. The summed E-state index contributed by atoms with van der Waals surface area (Å²) in [6.45, 7) is -0.301. The number of rotatable bonds is 8. The fourth-order valence-electron chi connectivity index (χ4n) is 2.40. The van der Waals surface area contributed by atoms with Crippen molar-refractivity contribution in [1.82, 2.24) is 15.4 Å². The lowest BCUT2D eigenvalue weighted by Gasteiger charge is -2.15. The summed E-state index contributed by atoms with van der Waals surface area (Å²) in [6.07, 6.45) is 1.27. The maximum Gasteiger partial charge on any atom is 0.276 e. The highest BCUT2D eigenvalue weighted by Crippen LogP contribution is 2.33. The number of nitrogens with two attached hydrogens (primary N) is 1. The molecule has 162 valence electrons. The molecule has 3 aromatic rings. The van der Waals surface area contributed by atoms with Gasteiger partial charge in [0, 0.05) is 10.0 Å². The van der Waals surface area contributed by atoms with Crippen molar-refractivity contribution in [3.63, 3.8) is 0 Å². The predicted molar refractivity (Wildman–Crippen MR) is 121 cm³/mol. The molecule has 0 aliphatic heterocycles. The zero-order valence-electron chi connectivity index (χ0n) is 16.1. The van der Waals surface area contributed by atoms with Crippen LogP contribution in [0.25, 0.3) is 0 Å². The Morgan fingerprint density at radius 2 is 1.71 bits per heavy atom. The fraction of sp³-hybridized carbons (Fsp3) is 0.105. The maximum absolute atomic E-state index is 12.1. The lowest BCUT2D eigenvalue weighted by Crippen LogP contribution is -2.34. The number of halogens is 3. The Hall–Kier alpha value is -3.14. The first kappa shape index (κ1) is 22.5. The van der Waals surface area contributed by atoms with Crippen LogP contribution in [-0.2, 0) is 4.79 Å². The Kier molecular flexibility index (Phi) is 7.45. The minimum Gasteiger partial charge on any atom is -0.495 e. The molecule has 3 rings (SSSR count). The first-order valence-corrected chi connectivity index (χ1v) is 9.84. The number of hydrogen-bond acceptors (Lipinski definition) is 8. The number of anilines is 4. The Morgan fingerprint density at radius 3 is 2.42 bits per heavy atom. The lowest BCUT2D eigenvalue weighted by atomic mass is 10.3. The van der Waals surface area contributed by atoms with Crippen molar-refractivity contribution in [3.05, 3.63) is 57.8 Å². The third kappa shape index (κ3) is 5.94. The number of carbonyl (C=O) groups is 1. The summed E-state index contributed by atoms with van der Waals surface area (Å²) in [6, 6.07) is 9.74. The first-order chi connectivity index (χ1) is 14.9. The van der Waals surface area contributed by atoms with E-state index in [2.05, 4.69) is 26.1 Å². The number of carbonyl (C=O) groups excluding carboxylic acids is 1. The third-order valence-corrected chi connectivity index (χ3v) is 4.64. The van der Waals surface area contributed by atoms with E-state index in [1.807, 2.05) is 0 Å². The number of amides is 1. The van der Waals surface area contributed by atoms with Crippen LogP contribution in [-0.4, -0.2) is 29.6 Å². The summed E-state index contributed by atoms with van der Waals surface area (Å²) < 4.78 is 10.7. The number of aromatic nitrogens is 2. The smallest absolute Gasteiger partial charge is 0.276 e. The highest BCUT2D eigenvalue weighted by Gasteiger charge is 2.13. The number of nitrogen functional groups attached to an aromatic ring is 1. The summed E-state index contributed by atoms with van der Waals surface area (Å²) in [5.41, 5.74) is 11.9. The van der Waals surface area contributed by atoms with E-state index in [9.17, 15) is 4.79 Å². The van der Waals surface area contributed by atoms with Crippen molar-refractivity contribution < 1.29 is 14.3 Å². The fourth-order valence-corrected chi connectivity index (χ4v) is 3.04. The van der Waals surface area contributed by atoms with Crippen molar-refractivity contribution in [1.29, 1.82) is 0 Å². The lowest BCUT2D eigenvalue weighted by molar-refractivity contribution is -0.122. The Labute approximate surface area is 192 Å². The van der Waals surface area contributed by atoms with E-state index >= 15 is 0 Å². The Balaban J connectivity index is 1.62. The van der Waals surface area contributed by atoms with E-state index in [1.54, 1.807) is 30.3 Å². The van der Waals surface area contributed by atoms with Gasteiger partial charge in [0.05, 0.1) is 17.8 Å². The van der Waals surface area contributed by atoms with Crippen LogP contribution < -0.4 is 31.4 Å². The largest absolute Gasteiger partial charge is 0.495 e. The van der Waals surface area contributed by atoms with Crippen molar-refractivity contribution >= 4 is 63.7 Å². The summed E-state index contributed by atoms with van der Waals surface area (Å²) in [7, 11) is 1.53. The van der Waals surface area contributed by atoms with E-state index in [0.29, 0.717) is 32.3 Å². The van der Waals surface area contributed by atoms with Crippen LogP contribution in [0, 0.1) is 0 Å². The van der Waals surface area contributed by atoms with Gasteiger partial charge in [0.15, 0.2) is 18.2 Å². The van der Waals surface area contributed by atoms with E-state index in [4.69, 9.17) is 50.0 Å². The number of hydrazine groups is 1. The highest BCUT2D eigenvalue weighted by atomic mass is 35.5. The predicted octanol–water partition coefficient (Wildman–Crippen LogP) is 4.29. The molecule has 0 saturated heterocycles. The quantitative estimate of drug-likeness (QED) is 0.350. The molecule has 0 radical (unpaired) electrons. The van der Waals surface area contributed by atoms with Gasteiger partial charge in [-0.15, -0.1) is 0 Å². The van der Waals surface area contributed by atoms with Gasteiger partial charge < -0.3 is 20.5 Å². The molecule has 0 bridgehead atoms. The van der Waals surface area contributed by atoms with Crippen molar-refractivity contribution in [3.8, 4) is 11.5 Å². The molecule has 0 aliphatic rings. The second kappa shape index (κ2) is 10.3. The molecular formula is C19H17Cl3N6O3. The third-order valence-electron chi connectivity index (χ3n) is 3.87. The van der Waals surface area contributed by atoms with Gasteiger partial charge in [0.2, 0.25) is 0 Å². The number of ether oxygens (including phenoxy) is 2. The van der Waals surface area contributed by atoms with Crippen LogP contribution in [0.4, 0.5) is 23.0 Å². The summed E-state index contributed by atoms with van der Waals surface area (Å²) >= 11 is 17.9. The van der Waals surface area contributed by atoms with Crippen LogP contribution in [0.15, 0.2) is 42.7 Å². The molecule has 2 aromatic carbocycles. The number of nitrogens with one attached hydrogen (secondary N) is 3. The summed E-state index contributed by atoms with van der Waals surface area (Å²) in [4.78, 5) is 20.2. The second-order valence-electron chi connectivity index (χ2n) is 5.99. The van der Waals surface area contributed by atoms with E-state index in [1.165, 1.54) is 19.5 Å². The van der Waals surface area contributed by atoms with Gasteiger partial charge in [0.1, 0.15) is 23.5 Å². The molecule has 0 saturated carbocycles. The monoisotopic (exact) mass is 482 g/mol. The molecular weight excluding hydrogens is 467 g/mol. The van der Waals surface area contributed by atoms with Crippen molar-refractivity contribution in [2.75, 3.05) is 30.2 Å². The highest BCUT2D eigenvalue weighted by molar-refractivity contribution is 6.35. The van der Waals surface area contributed by atoms with E-state index in [0.717, 1.165) is 0 Å². The van der Waals surface area contributed by atoms with Crippen LogP contribution in [0.1, 0.15) is 0 Å². The van der Waals surface area contributed by atoms with Gasteiger partial charge >= 0.3 is 0 Å². The molecule has 0 fully saturated rings. The molecule has 0 unspecified atom stereocenters. The van der Waals surface area contributed by atoms with Crippen molar-refractivity contribution in [2.24, 2.45) is 0 Å². The Bertz CT molecular complexity index is 1100. The minimum atomic E-state index is -0.491. The van der Waals surface area contributed by atoms with E-state index in [-0.39, 0.29) is 23.9 Å². The van der Waals surface area contributed by atoms with Gasteiger partial charge in [-0.2, -0.15) is 0 Å². The second-order valence-corrected chi connectivity index (χ2v) is 7.27. The van der Waals surface area contributed by atoms with Gasteiger partial charge in [-0.25, -0.2) is 9.97 Å². The average molecular weight is 484 g/mol. The topological polar surface area (TPSA) is 123 Å². The SMILES string of the molecule is COc1ccc(Cl)cc1Nc1ncnc(NNC(=O)COc2ccc(Cl)cc2Cl)c1N. The number of methoxy groups -OCH3 is 1. The molecule has 0 atom stereocenters. The average Bonchev–Trinajstić information content (AvgIpc) is 2.74. The molecule has 0 aliphatic carbocycles. The zero-order chi connectivity index (χ0) is 22.4. The number of nitrogens with zero attached hydrogens (tertiary/aromatic N) is 2. The normalized spacial score (nSPS) is 10.3. The van der Waals surface area contributed by atoms with Gasteiger partial charge in [0.25, 0.3) is 5.91 Å². The molecule has 0 spiro atoms. The van der Waals surface area contributed by atoms with E-state index < -0.39 is 5.91 Å². The van der Waals surface area contributed by atoms with Crippen LogP contribution in [0.5, 0.6) is 11.5 Å². The standard InChI is InChI=1S/C19H17Cl3N6O3/c1-30-15-5-3-11(21)7-13(15)26-18-17(23)19(25-9-24-18)28-27-16(29)8-31-14-4-2-10(20)6-12(14)22/h2-7,9H,8,23H2,1H3,(H,27,29)(H2,24,25,26,28). The first-order valence-electron chi connectivity index (χ1n) is 8.71. The number of benzene rings is 2. The van der Waals surface area contributed by atoms with Crippen LogP contribution in [0.3, 0.4) is 0 Å². The molecule has 1 amide bonds. The van der Waals surface area contributed by atoms with Crippen LogP contribution >= 0.6 is 34.8 Å². The molecule has 12 heteroatoms. The molecule has 1 heterocycles.